The number of piperidine rings is 1. The van der Waals surface area contributed by atoms with E-state index in [4.69, 9.17) is 11.5 Å². The number of nitrogens with two attached hydrogens (primary N) is 2. The fourth-order valence-electron chi connectivity index (χ4n) is 2.16. The van der Waals surface area contributed by atoms with Crippen molar-refractivity contribution in [1.82, 2.24) is 4.98 Å². The summed E-state index contributed by atoms with van der Waals surface area (Å²) in [5.74, 6) is -3.93. The zero-order chi connectivity index (χ0) is 13.3. The molecule has 1 aliphatic heterocycles. The highest BCUT2D eigenvalue weighted by Gasteiger charge is 2.50. The molecule has 18 heavy (non-hydrogen) atoms. The lowest BCUT2D eigenvalue weighted by atomic mass is 9.92. The lowest BCUT2D eigenvalue weighted by Crippen LogP contribution is -2.66. The van der Waals surface area contributed by atoms with Crippen molar-refractivity contribution < 1.29 is 13.6 Å². The van der Waals surface area contributed by atoms with Gasteiger partial charge in [-0.15, -0.1) is 0 Å². The topological polar surface area (TPSA) is 85.2 Å². The van der Waals surface area contributed by atoms with E-state index in [1.165, 1.54) is 17.3 Å². The van der Waals surface area contributed by atoms with Crippen molar-refractivity contribution in [3.63, 3.8) is 0 Å². The molecule has 5 nitrogen and oxygen atoms in total. The molecular formula is C11H14F2N4O. The summed E-state index contributed by atoms with van der Waals surface area (Å²) in [5, 5.41) is 0. The SMILES string of the molecule is NC(=O)C1C(N)C(F)(F)CCN1c1ccncc1. The van der Waals surface area contributed by atoms with Gasteiger partial charge in [0.2, 0.25) is 5.91 Å². The number of anilines is 1. The first-order valence-electron chi connectivity index (χ1n) is 5.53. The minimum atomic E-state index is -3.08. The molecule has 1 saturated heterocycles. The van der Waals surface area contributed by atoms with Crippen molar-refractivity contribution in [2.75, 3.05) is 11.4 Å². The highest BCUT2D eigenvalue weighted by Crippen LogP contribution is 2.33. The predicted octanol–water partition coefficient (Wildman–Crippen LogP) is 0.108. The third-order valence-corrected chi connectivity index (χ3v) is 3.14. The molecule has 7 heteroatoms. The molecule has 0 aliphatic carbocycles. The van der Waals surface area contributed by atoms with E-state index in [1.54, 1.807) is 12.1 Å². The summed E-state index contributed by atoms with van der Waals surface area (Å²) in [6, 6.07) is 0.450. The third kappa shape index (κ3) is 2.13. The lowest BCUT2D eigenvalue weighted by Gasteiger charge is -2.43. The molecule has 1 aliphatic rings. The molecule has 2 unspecified atom stereocenters. The Bertz CT molecular complexity index is 440. The zero-order valence-electron chi connectivity index (χ0n) is 9.59. The molecule has 0 bridgehead atoms. The normalized spacial score (nSPS) is 26.9. The van der Waals surface area contributed by atoms with Crippen LogP contribution in [0.25, 0.3) is 0 Å². The van der Waals surface area contributed by atoms with Gasteiger partial charge in [0.1, 0.15) is 6.04 Å². The van der Waals surface area contributed by atoms with Crippen molar-refractivity contribution in [2.24, 2.45) is 11.5 Å². The maximum Gasteiger partial charge on any atom is 0.267 e. The number of hydrogen-bond donors (Lipinski definition) is 2. The molecule has 0 spiro atoms. The fraction of sp³-hybridized carbons (Fsp3) is 0.455. The Labute approximate surface area is 103 Å². The summed E-state index contributed by atoms with van der Waals surface area (Å²) in [4.78, 5) is 16.7. The van der Waals surface area contributed by atoms with E-state index in [1.807, 2.05) is 0 Å². The van der Waals surface area contributed by atoms with Crippen LogP contribution in [0.1, 0.15) is 6.42 Å². The average Bonchev–Trinajstić information content (AvgIpc) is 2.33. The van der Waals surface area contributed by atoms with Crippen LogP contribution in [0.15, 0.2) is 24.5 Å². The third-order valence-electron chi connectivity index (χ3n) is 3.14. The van der Waals surface area contributed by atoms with Crippen LogP contribution in [-0.4, -0.2) is 35.4 Å². The van der Waals surface area contributed by atoms with Gasteiger partial charge in [-0.25, -0.2) is 8.78 Å². The van der Waals surface area contributed by atoms with E-state index >= 15 is 0 Å². The van der Waals surface area contributed by atoms with Gasteiger partial charge in [0.15, 0.2) is 0 Å². The number of pyridine rings is 1. The molecule has 1 amide bonds. The Morgan fingerprint density at radius 3 is 2.61 bits per heavy atom. The maximum absolute atomic E-state index is 13.5. The molecular weight excluding hydrogens is 242 g/mol. The van der Waals surface area contributed by atoms with E-state index < -0.39 is 30.3 Å². The summed E-state index contributed by atoms with van der Waals surface area (Å²) in [5.41, 5.74) is 11.3. The van der Waals surface area contributed by atoms with Crippen LogP contribution in [-0.2, 0) is 4.79 Å². The Balaban J connectivity index is 2.34. The standard InChI is InChI=1S/C11H14F2N4O/c12-11(13)3-6-17(7-1-4-16-5-2-7)8(9(11)14)10(15)18/h1-2,4-5,8-9H,3,6,14H2,(H2,15,18). The summed E-state index contributed by atoms with van der Waals surface area (Å²) in [6.45, 7) is 0.0261. The number of carbonyl (C=O) groups is 1. The van der Waals surface area contributed by atoms with Crippen LogP contribution in [0, 0.1) is 0 Å². The highest BCUT2D eigenvalue weighted by molar-refractivity contribution is 5.85. The molecule has 4 N–H and O–H groups in total. The first-order valence-corrected chi connectivity index (χ1v) is 5.53. The second-order valence-corrected chi connectivity index (χ2v) is 4.28. The monoisotopic (exact) mass is 256 g/mol. The zero-order valence-corrected chi connectivity index (χ0v) is 9.59. The fourth-order valence-corrected chi connectivity index (χ4v) is 2.16. The minimum absolute atomic E-state index is 0.0261. The number of rotatable bonds is 2. The second kappa shape index (κ2) is 4.49. The molecule has 1 fully saturated rings. The molecule has 0 aromatic carbocycles. The van der Waals surface area contributed by atoms with Crippen molar-refractivity contribution in [2.45, 2.75) is 24.4 Å². The number of primary amides is 1. The van der Waals surface area contributed by atoms with E-state index in [0.717, 1.165) is 0 Å². The van der Waals surface area contributed by atoms with Gasteiger partial charge in [-0.3, -0.25) is 9.78 Å². The molecule has 0 saturated carbocycles. The van der Waals surface area contributed by atoms with Crippen LogP contribution in [0.4, 0.5) is 14.5 Å². The van der Waals surface area contributed by atoms with Crippen molar-refractivity contribution in [3.05, 3.63) is 24.5 Å². The smallest absolute Gasteiger partial charge is 0.267 e. The van der Waals surface area contributed by atoms with E-state index in [2.05, 4.69) is 4.98 Å². The second-order valence-electron chi connectivity index (χ2n) is 4.28. The van der Waals surface area contributed by atoms with Crippen LogP contribution in [0.5, 0.6) is 0 Å². The van der Waals surface area contributed by atoms with Crippen molar-refractivity contribution in [3.8, 4) is 0 Å². The minimum Gasteiger partial charge on any atom is -0.368 e. The van der Waals surface area contributed by atoms with Gasteiger partial charge in [-0.2, -0.15) is 0 Å². The number of aromatic nitrogens is 1. The predicted molar refractivity (Wildman–Crippen MR) is 62.1 cm³/mol. The molecule has 98 valence electrons. The highest BCUT2D eigenvalue weighted by atomic mass is 19.3. The summed E-state index contributed by atoms with van der Waals surface area (Å²) in [7, 11) is 0. The Kier molecular flexibility index (Phi) is 3.16. The van der Waals surface area contributed by atoms with Gasteiger partial charge in [-0.05, 0) is 12.1 Å². The quantitative estimate of drug-likeness (QED) is 0.786. The van der Waals surface area contributed by atoms with E-state index in [0.29, 0.717) is 5.69 Å². The Hall–Kier alpha value is -1.76. The van der Waals surface area contributed by atoms with Gasteiger partial charge >= 0.3 is 0 Å². The molecule has 2 atom stereocenters. The van der Waals surface area contributed by atoms with Crippen molar-refractivity contribution >= 4 is 11.6 Å². The Morgan fingerprint density at radius 2 is 2.06 bits per heavy atom. The number of alkyl halides is 2. The summed E-state index contributed by atoms with van der Waals surface area (Å²) >= 11 is 0. The van der Waals surface area contributed by atoms with Gasteiger partial charge in [-0.1, -0.05) is 0 Å². The number of halogens is 2. The first-order chi connectivity index (χ1) is 8.43. The molecule has 1 aromatic rings. The van der Waals surface area contributed by atoms with Gasteiger partial charge in [0.05, 0.1) is 6.04 Å². The first kappa shape index (κ1) is 12.7. The Morgan fingerprint density at radius 1 is 1.44 bits per heavy atom. The molecule has 1 aromatic heterocycles. The molecule has 2 heterocycles. The summed E-state index contributed by atoms with van der Waals surface area (Å²) < 4.78 is 27.1. The average molecular weight is 256 g/mol. The number of hydrogen-bond acceptors (Lipinski definition) is 4. The number of carbonyl (C=O) groups excluding carboxylic acids is 1. The van der Waals surface area contributed by atoms with Gasteiger partial charge in [0.25, 0.3) is 5.92 Å². The van der Waals surface area contributed by atoms with E-state index in [-0.39, 0.29) is 6.54 Å². The van der Waals surface area contributed by atoms with Gasteiger partial charge in [0, 0.05) is 31.0 Å². The maximum atomic E-state index is 13.5. The van der Waals surface area contributed by atoms with Crippen LogP contribution >= 0.6 is 0 Å². The lowest BCUT2D eigenvalue weighted by molar-refractivity contribution is -0.125. The number of nitrogens with zero attached hydrogens (tertiary/aromatic N) is 2. The van der Waals surface area contributed by atoms with Crippen LogP contribution < -0.4 is 16.4 Å². The van der Waals surface area contributed by atoms with Crippen molar-refractivity contribution in [1.29, 1.82) is 0 Å². The largest absolute Gasteiger partial charge is 0.368 e. The molecule has 0 radical (unpaired) electrons. The number of amides is 1. The van der Waals surface area contributed by atoms with Gasteiger partial charge < -0.3 is 16.4 Å². The van der Waals surface area contributed by atoms with Crippen LogP contribution in [0.2, 0.25) is 0 Å². The molecule has 2 rings (SSSR count). The summed E-state index contributed by atoms with van der Waals surface area (Å²) in [6.07, 6.45) is 2.64. The van der Waals surface area contributed by atoms with E-state index in [9.17, 15) is 13.6 Å². The van der Waals surface area contributed by atoms with Crippen LogP contribution in [0.3, 0.4) is 0 Å².